The van der Waals surface area contributed by atoms with Gasteiger partial charge in [0.05, 0.1) is 0 Å². The van der Waals surface area contributed by atoms with Gasteiger partial charge in [-0.15, -0.1) is 0 Å². The maximum absolute atomic E-state index is 2.74. The molecule has 0 saturated carbocycles. The molecule has 0 spiro atoms. The fraction of sp³-hybridized carbons (Fsp3) is 1.00. The van der Waals surface area contributed by atoms with Gasteiger partial charge in [-0.2, -0.15) is 0 Å². The zero-order chi connectivity index (χ0) is 10.6. The van der Waals surface area contributed by atoms with Crippen LogP contribution in [0.15, 0.2) is 0 Å². The van der Waals surface area contributed by atoms with Crippen LogP contribution in [0.1, 0.15) is 20.8 Å². The molecule has 0 radical (unpaired) electrons. The van der Waals surface area contributed by atoms with E-state index < -0.39 is 21.7 Å². The maximum atomic E-state index is 2.74. The van der Waals surface area contributed by atoms with Crippen molar-refractivity contribution in [3.8, 4) is 0 Å². The van der Waals surface area contributed by atoms with Crippen LogP contribution in [0.5, 0.6) is 0 Å². The van der Waals surface area contributed by atoms with Crippen molar-refractivity contribution >= 4 is 21.7 Å². The first-order chi connectivity index (χ1) is 5.75. The Hall–Kier alpha value is 0.790. The third-order valence-electron chi connectivity index (χ3n) is 2.27. The van der Waals surface area contributed by atoms with Crippen LogP contribution in [0.4, 0.5) is 0 Å². The molecule has 0 aromatic heterocycles. The van der Waals surface area contributed by atoms with Gasteiger partial charge in [-0.25, -0.2) is 0 Å². The standard InChI is InChI=1S/C8H19N2.2CH3.In/c1-8(2,3)9-6-7-10(4)5;;;/h6-7H2,1-5H3;2*1H3;/q-1;;;+1. The summed E-state index contributed by atoms with van der Waals surface area (Å²) in [6.07, 6.45) is 0. The summed E-state index contributed by atoms with van der Waals surface area (Å²) in [5, 5.41) is 0. The summed E-state index contributed by atoms with van der Waals surface area (Å²) in [7, 11) is 4.30. The van der Waals surface area contributed by atoms with Crippen LogP contribution >= 0.6 is 0 Å². The Labute approximate surface area is 92.2 Å². The quantitative estimate of drug-likeness (QED) is 0.779. The van der Waals surface area contributed by atoms with Crippen LogP contribution in [0, 0.1) is 0 Å². The molecule has 0 bridgehead atoms. The van der Waals surface area contributed by atoms with Crippen LogP contribution in [-0.2, 0) is 0 Å². The SMILES string of the molecule is CN(C)CC[N]([In]([CH3])[CH3])C(C)(C)C. The molecule has 0 fully saturated rings. The minimum atomic E-state index is -1.32. The van der Waals surface area contributed by atoms with Crippen molar-refractivity contribution in [3.05, 3.63) is 0 Å². The van der Waals surface area contributed by atoms with Gasteiger partial charge in [0.25, 0.3) is 0 Å². The summed E-state index contributed by atoms with van der Waals surface area (Å²) < 4.78 is 7.69. The number of rotatable bonds is 4. The molecular formula is C10H25InN2. The number of likely N-dealkylation sites (N-methyl/N-ethyl adjacent to an activating group) is 1. The Kier molecular flexibility index (Phi) is 5.96. The Balaban J connectivity index is 4.12. The van der Waals surface area contributed by atoms with E-state index >= 15 is 0 Å². The Morgan fingerprint density at radius 2 is 1.46 bits per heavy atom. The van der Waals surface area contributed by atoms with E-state index in [1.54, 1.807) is 0 Å². The molecule has 0 amide bonds. The summed E-state index contributed by atoms with van der Waals surface area (Å²) in [5.41, 5.74) is 0.375. The van der Waals surface area contributed by atoms with Crippen LogP contribution in [0.3, 0.4) is 0 Å². The summed E-state index contributed by atoms with van der Waals surface area (Å²) >= 11 is -1.32. The van der Waals surface area contributed by atoms with Crippen LogP contribution in [0.2, 0.25) is 9.36 Å². The number of nitrogens with zero attached hydrogens (tertiary/aromatic N) is 2. The Morgan fingerprint density at radius 3 is 1.69 bits per heavy atom. The Bertz CT molecular complexity index is 138. The summed E-state index contributed by atoms with van der Waals surface area (Å²) in [6.45, 7) is 9.43. The van der Waals surface area contributed by atoms with Crippen molar-refractivity contribution in [2.45, 2.75) is 35.7 Å². The van der Waals surface area contributed by atoms with E-state index in [1.165, 1.54) is 13.1 Å². The number of hydrogen-bond acceptors (Lipinski definition) is 2. The van der Waals surface area contributed by atoms with Gasteiger partial charge in [0.2, 0.25) is 0 Å². The second-order valence-electron chi connectivity index (χ2n) is 5.26. The molecule has 0 saturated heterocycles. The molecule has 0 rings (SSSR count). The fourth-order valence-electron chi connectivity index (χ4n) is 1.68. The normalized spacial score (nSPS) is 12.7. The van der Waals surface area contributed by atoms with Crippen molar-refractivity contribution in [1.29, 1.82) is 0 Å². The van der Waals surface area contributed by atoms with Gasteiger partial charge in [-0.05, 0) is 0 Å². The first-order valence-electron chi connectivity index (χ1n) is 5.16. The molecule has 0 unspecified atom stereocenters. The predicted molar refractivity (Wildman–Crippen MR) is 62.5 cm³/mol. The molecule has 0 atom stereocenters. The van der Waals surface area contributed by atoms with E-state index in [1.807, 2.05) is 0 Å². The molecule has 0 aromatic carbocycles. The minimum absolute atomic E-state index is 0.375. The van der Waals surface area contributed by atoms with E-state index in [9.17, 15) is 0 Å². The molecule has 0 aliphatic heterocycles. The third kappa shape index (κ3) is 5.97. The van der Waals surface area contributed by atoms with Gasteiger partial charge in [0.1, 0.15) is 0 Å². The van der Waals surface area contributed by atoms with Crippen molar-refractivity contribution in [3.63, 3.8) is 0 Å². The second-order valence-corrected chi connectivity index (χ2v) is 13.3. The van der Waals surface area contributed by atoms with Gasteiger partial charge >= 0.3 is 92.4 Å². The van der Waals surface area contributed by atoms with Gasteiger partial charge in [0.15, 0.2) is 0 Å². The first-order valence-corrected chi connectivity index (χ1v) is 13.2. The van der Waals surface area contributed by atoms with E-state index in [0.717, 1.165) is 0 Å². The summed E-state index contributed by atoms with van der Waals surface area (Å²) in [5.74, 6) is 0. The van der Waals surface area contributed by atoms with Crippen molar-refractivity contribution in [2.75, 3.05) is 27.2 Å². The van der Waals surface area contributed by atoms with E-state index in [4.69, 9.17) is 0 Å². The average molecular weight is 288 g/mol. The molecule has 0 aromatic rings. The van der Waals surface area contributed by atoms with Crippen molar-refractivity contribution in [1.82, 2.24) is 7.79 Å². The molecular weight excluding hydrogens is 263 g/mol. The molecule has 0 heterocycles. The topological polar surface area (TPSA) is 6.48 Å². The van der Waals surface area contributed by atoms with Crippen LogP contribution < -0.4 is 0 Å². The third-order valence-corrected chi connectivity index (χ3v) is 8.78. The first kappa shape index (κ1) is 13.8. The average Bonchev–Trinajstić information content (AvgIpc) is 1.81. The molecule has 78 valence electrons. The van der Waals surface area contributed by atoms with Crippen LogP contribution in [0.25, 0.3) is 0 Å². The van der Waals surface area contributed by atoms with Crippen LogP contribution in [-0.4, -0.2) is 62.2 Å². The van der Waals surface area contributed by atoms with Gasteiger partial charge in [0, 0.05) is 0 Å². The molecule has 2 nitrogen and oxygen atoms in total. The Morgan fingerprint density at radius 1 is 1.00 bits per heavy atom. The molecule has 0 N–H and O–H groups in total. The van der Waals surface area contributed by atoms with E-state index in [-0.39, 0.29) is 0 Å². The summed E-state index contributed by atoms with van der Waals surface area (Å²) in [6, 6.07) is 0. The fourth-order valence-corrected chi connectivity index (χ4v) is 7.90. The van der Waals surface area contributed by atoms with E-state index in [2.05, 4.69) is 52.0 Å². The predicted octanol–water partition coefficient (Wildman–Crippen LogP) is 1.90. The van der Waals surface area contributed by atoms with Gasteiger partial charge < -0.3 is 0 Å². The zero-order valence-electron chi connectivity index (χ0n) is 10.4. The molecule has 3 heteroatoms. The number of hydrogen-bond donors (Lipinski definition) is 0. The molecule has 0 aliphatic carbocycles. The van der Waals surface area contributed by atoms with E-state index in [0.29, 0.717) is 5.54 Å². The monoisotopic (exact) mass is 288 g/mol. The molecule has 13 heavy (non-hydrogen) atoms. The van der Waals surface area contributed by atoms with Gasteiger partial charge in [-0.1, -0.05) is 0 Å². The van der Waals surface area contributed by atoms with Crippen molar-refractivity contribution < 1.29 is 0 Å². The zero-order valence-corrected chi connectivity index (χ0v) is 13.7. The van der Waals surface area contributed by atoms with Crippen molar-refractivity contribution in [2.24, 2.45) is 0 Å². The second kappa shape index (κ2) is 5.62. The van der Waals surface area contributed by atoms with Gasteiger partial charge in [-0.3, -0.25) is 0 Å². The summed E-state index contributed by atoms with van der Waals surface area (Å²) in [4.78, 5) is 2.27. The molecule has 0 aliphatic rings.